The zero-order valence-corrected chi connectivity index (χ0v) is 8.10. The molecule has 2 aliphatic rings. The van der Waals surface area contributed by atoms with Crippen molar-refractivity contribution in [1.82, 2.24) is 0 Å². The summed E-state index contributed by atoms with van der Waals surface area (Å²) >= 11 is 0. The molecule has 0 aromatic rings. The minimum absolute atomic E-state index is 0.0720. The monoisotopic (exact) mass is 198 g/mol. The predicted molar refractivity (Wildman–Crippen MR) is 47.4 cm³/mol. The zero-order valence-electron chi connectivity index (χ0n) is 8.10. The molecule has 1 N–H and O–H groups in total. The quantitative estimate of drug-likeness (QED) is 0.448. The van der Waals surface area contributed by atoms with Gasteiger partial charge in [-0.1, -0.05) is 0 Å². The van der Waals surface area contributed by atoms with Crippen LogP contribution in [-0.4, -0.2) is 29.1 Å². The molecule has 0 spiro atoms. The highest BCUT2D eigenvalue weighted by atomic mass is 16.5. The molecule has 0 radical (unpaired) electrons. The maximum Gasteiger partial charge on any atom is 0.317 e. The molecule has 4 nitrogen and oxygen atoms in total. The second kappa shape index (κ2) is 3.35. The van der Waals surface area contributed by atoms with Crippen molar-refractivity contribution in [1.29, 1.82) is 0 Å². The number of carbonyl (C=O) groups excluding carboxylic acids is 2. The van der Waals surface area contributed by atoms with E-state index in [1.165, 1.54) is 0 Å². The van der Waals surface area contributed by atoms with Crippen LogP contribution in [0.2, 0.25) is 0 Å². The van der Waals surface area contributed by atoms with Crippen LogP contribution in [0, 0.1) is 11.8 Å². The summed E-state index contributed by atoms with van der Waals surface area (Å²) in [5, 5.41) is 9.70. The molecule has 4 unspecified atom stereocenters. The molecule has 0 amide bonds. The van der Waals surface area contributed by atoms with Gasteiger partial charge in [-0.25, -0.2) is 0 Å². The highest BCUT2D eigenvalue weighted by Crippen LogP contribution is 2.36. The third-order valence-corrected chi connectivity index (χ3v) is 3.13. The first-order valence-corrected chi connectivity index (χ1v) is 5.01. The highest BCUT2D eigenvalue weighted by Gasteiger charge is 2.47. The Hall–Kier alpha value is -0.900. The van der Waals surface area contributed by atoms with E-state index < -0.39 is 18.0 Å². The van der Waals surface area contributed by atoms with E-state index in [9.17, 15) is 14.7 Å². The Morgan fingerprint density at radius 1 is 1.43 bits per heavy atom. The number of cyclic esters (lactones) is 1. The number of fused-ring (bicyclic) bond motifs is 1. The highest BCUT2D eigenvalue weighted by molar-refractivity contribution is 6.00. The number of rotatable bonds is 0. The number of carbonyl (C=O) groups is 2. The van der Waals surface area contributed by atoms with Crippen LogP contribution in [0.5, 0.6) is 0 Å². The van der Waals surface area contributed by atoms with Crippen molar-refractivity contribution in [2.24, 2.45) is 11.8 Å². The van der Waals surface area contributed by atoms with Gasteiger partial charge < -0.3 is 9.84 Å². The summed E-state index contributed by atoms with van der Waals surface area (Å²) in [7, 11) is 0. The smallest absolute Gasteiger partial charge is 0.317 e. The maximum absolute atomic E-state index is 11.5. The summed E-state index contributed by atoms with van der Waals surface area (Å²) in [4.78, 5) is 22.9. The average molecular weight is 198 g/mol. The van der Waals surface area contributed by atoms with E-state index in [0.717, 1.165) is 0 Å². The van der Waals surface area contributed by atoms with Gasteiger partial charge in [0.05, 0.1) is 12.2 Å². The molecule has 14 heavy (non-hydrogen) atoms. The summed E-state index contributed by atoms with van der Waals surface area (Å²) in [5.41, 5.74) is 0. The second-order valence-electron chi connectivity index (χ2n) is 4.20. The number of ether oxygens (including phenoxy) is 1. The number of hydrogen-bond acceptors (Lipinski definition) is 4. The molecule has 1 aliphatic heterocycles. The fourth-order valence-electron chi connectivity index (χ4n) is 2.42. The van der Waals surface area contributed by atoms with E-state index in [1.807, 2.05) is 0 Å². The molecular weight excluding hydrogens is 184 g/mol. The number of aliphatic hydroxyl groups excluding tert-OH is 1. The van der Waals surface area contributed by atoms with Crippen LogP contribution in [-0.2, 0) is 14.3 Å². The van der Waals surface area contributed by atoms with E-state index in [-0.39, 0.29) is 17.8 Å². The lowest BCUT2D eigenvalue weighted by atomic mass is 9.72. The van der Waals surface area contributed by atoms with Crippen molar-refractivity contribution < 1.29 is 19.4 Å². The van der Waals surface area contributed by atoms with Gasteiger partial charge in [0.2, 0.25) is 0 Å². The van der Waals surface area contributed by atoms with Crippen LogP contribution in [0.4, 0.5) is 0 Å². The number of ketones is 1. The lowest BCUT2D eigenvalue weighted by molar-refractivity contribution is -0.174. The van der Waals surface area contributed by atoms with Gasteiger partial charge >= 0.3 is 5.97 Å². The summed E-state index contributed by atoms with van der Waals surface area (Å²) in [6.45, 7) is 1.79. The largest absolute Gasteiger partial charge is 0.462 e. The number of hydrogen-bond donors (Lipinski definition) is 1. The average Bonchev–Trinajstić information content (AvgIpc) is 2.10. The van der Waals surface area contributed by atoms with Crippen LogP contribution in [0.25, 0.3) is 0 Å². The summed E-state index contributed by atoms with van der Waals surface area (Å²) in [6, 6.07) is 0. The Morgan fingerprint density at radius 3 is 2.86 bits per heavy atom. The van der Waals surface area contributed by atoms with Gasteiger partial charge in [-0.2, -0.15) is 0 Å². The summed E-state index contributed by atoms with van der Waals surface area (Å²) < 4.78 is 5.00. The number of Topliss-reactive ketones (excluding diaryl/α,β-unsaturated/α-hetero) is 1. The molecule has 0 bridgehead atoms. The normalized spacial score (nSPS) is 43.0. The minimum Gasteiger partial charge on any atom is -0.462 e. The zero-order chi connectivity index (χ0) is 10.3. The fourth-order valence-corrected chi connectivity index (χ4v) is 2.42. The van der Waals surface area contributed by atoms with Crippen molar-refractivity contribution in [2.45, 2.75) is 38.4 Å². The van der Waals surface area contributed by atoms with E-state index >= 15 is 0 Å². The minimum atomic E-state index is -0.699. The molecular formula is C10H14O4. The second-order valence-corrected chi connectivity index (χ2v) is 4.20. The Morgan fingerprint density at radius 2 is 2.14 bits per heavy atom. The molecule has 78 valence electrons. The molecule has 0 aromatic heterocycles. The van der Waals surface area contributed by atoms with Gasteiger partial charge in [-0.15, -0.1) is 0 Å². The summed E-state index contributed by atoms with van der Waals surface area (Å²) in [5.74, 6) is -1.43. The fraction of sp³-hybridized carbons (Fsp3) is 0.800. The third kappa shape index (κ3) is 1.43. The summed E-state index contributed by atoms with van der Waals surface area (Å²) in [6.07, 6.45) is 0.687. The maximum atomic E-state index is 11.5. The first-order chi connectivity index (χ1) is 6.59. The Balaban J connectivity index is 2.23. The van der Waals surface area contributed by atoms with E-state index in [1.54, 1.807) is 6.92 Å². The lowest BCUT2D eigenvalue weighted by Crippen LogP contribution is -2.49. The van der Waals surface area contributed by atoms with Gasteiger partial charge in [-0.05, 0) is 19.8 Å². The Kier molecular flexibility index (Phi) is 2.31. The molecule has 4 atom stereocenters. The first kappa shape index (κ1) is 9.65. The third-order valence-electron chi connectivity index (χ3n) is 3.13. The molecule has 1 saturated heterocycles. The number of esters is 1. The molecule has 2 rings (SSSR count). The van der Waals surface area contributed by atoms with Crippen molar-refractivity contribution in [2.75, 3.05) is 0 Å². The van der Waals surface area contributed by atoms with Crippen molar-refractivity contribution >= 4 is 11.8 Å². The van der Waals surface area contributed by atoms with Gasteiger partial charge in [0, 0.05) is 12.3 Å². The lowest BCUT2D eigenvalue weighted by Gasteiger charge is -2.38. The predicted octanol–water partition coefficient (Wildman–Crippen LogP) is 0.278. The van der Waals surface area contributed by atoms with Crippen LogP contribution in [0.3, 0.4) is 0 Å². The van der Waals surface area contributed by atoms with Crippen LogP contribution in [0.15, 0.2) is 0 Å². The Bertz CT molecular complexity index is 273. The standard InChI is InChI=1S/C10H14O4/c1-5-4-6-7(11)2-3-8(12)9(6)10(13)14-5/h5-7,9,11H,2-4H2,1H3. The SMILES string of the molecule is CC1CC2C(O)CCC(=O)C2C(=O)O1. The molecule has 1 aliphatic carbocycles. The topological polar surface area (TPSA) is 63.6 Å². The Labute approximate surface area is 82.2 Å². The van der Waals surface area contributed by atoms with Crippen molar-refractivity contribution in [3.05, 3.63) is 0 Å². The van der Waals surface area contributed by atoms with Crippen LogP contribution in [0.1, 0.15) is 26.2 Å². The van der Waals surface area contributed by atoms with Crippen LogP contribution >= 0.6 is 0 Å². The number of aliphatic hydroxyl groups is 1. The first-order valence-electron chi connectivity index (χ1n) is 5.01. The van der Waals surface area contributed by atoms with E-state index in [2.05, 4.69) is 0 Å². The molecule has 1 heterocycles. The van der Waals surface area contributed by atoms with E-state index in [4.69, 9.17) is 4.74 Å². The molecule has 4 heteroatoms. The van der Waals surface area contributed by atoms with Gasteiger partial charge in [0.1, 0.15) is 11.7 Å². The van der Waals surface area contributed by atoms with Gasteiger partial charge in [0.15, 0.2) is 0 Å². The van der Waals surface area contributed by atoms with Crippen molar-refractivity contribution in [3.63, 3.8) is 0 Å². The van der Waals surface area contributed by atoms with Crippen LogP contribution < -0.4 is 0 Å². The van der Waals surface area contributed by atoms with E-state index in [0.29, 0.717) is 19.3 Å². The molecule has 1 saturated carbocycles. The van der Waals surface area contributed by atoms with Crippen molar-refractivity contribution in [3.8, 4) is 0 Å². The van der Waals surface area contributed by atoms with Gasteiger partial charge in [-0.3, -0.25) is 9.59 Å². The molecule has 2 fully saturated rings. The molecule has 0 aromatic carbocycles. The van der Waals surface area contributed by atoms with Gasteiger partial charge in [0.25, 0.3) is 0 Å².